The molecular formula is C24H23N5O4S. The van der Waals surface area contributed by atoms with Crippen molar-refractivity contribution in [3.05, 3.63) is 100 Å². The summed E-state index contributed by atoms with van der Waals surface area (Å²) in [7, 11) is -0.689. The van der Waals surface area contributed by atoms with E-state index in [2.05, 4.69) is 15.4 Å². The fraction of sp³-hybridized carbons (Fsp3) is 0.167. The summed E-state index contributed by atoms with van der Waals surface area (Å²) in [6, 6.07) is 18.2. The number of rotatable bonds is 7. The number of nitrogens with one attached hydrogen (secondary N) is 1. The summed E-state index contributed by atoms with van der Waals surface area (Å²) in [4.78, 5) is 30.0. The van der Waals surface area contributed by atoms with E-state index in [-0.39, 0.29) is 29.5 Å². The van der Waals surface area contributed by atoms with Crippen LogP contribution in [0.1, 0.15) is 21.7 Å². The van der Waals surface area contributed by atoms with Gasteiger partial charge in [-0.05, 0) is 42.5 Å². The predicted octanol–water partition coefficient (Wildman–Crippen LogP) is 2.02. The van der Waals surface area contributed by atoms with Crippen molar-refractivity contribution in [3.63, 3.8) is 0 Å². The minimum Gasteiger partial charge on any atom is -0.346 e. The van der Waals surface area contributed by atoms with Gasteiger partial charge < -0.3 is 5.32 Å². The van der Waals surface area contributed by atoms with Crippen molar-refractivity contribution in [1.29, 1.82) is 0 Å². The Bertz CT molecular complexity index is 1500. The fourth-order valence-corrected chi connectivity index (χ4v) is 4.34. The minimum absolute atomic E-state index is 0.0829. The highest BCUT2D eigenvalue weighted by Crippen LogP contribution is 2.16. The quantitative estimate of drug-likeness (QED) is 0.436. The Balaban J connectivity index is 1.59. The fourth-order valence-electron chi connectivity index (χ4n) is 3.44. The second-order valence-corrected chi connectivity index (χ2v) is 9.92. The third kappa shape index (κ3) is 4.73. The van der Waals surface area contributed by atoms with Crippen molar-refractivity contribution in [2.24, 2.45) is 0 Å². The first-order valence-electron chi connectivity index (χ1n) is 10.5. The van der Waals surface area contributed by atoms with E-state index in [9.17, 15) is 18.0 Å². The van der Waals surface area contributed by atoms with Gasteiger partial charge in [-0.1, -0.05) is 24.3 Å². The Morgan fingerprint density at radius 1 is 0.971 bits per heavy atom. The Hall–Kier alpha value is -3.89. The molecule has 2 aromatic carbocycles. The van der Waals surface area contributed by atoms with Crippen LogP contribution in [-0.4, -0.2) is 47.5 Å². The summed E-state index contributed by atoms with van der Waals surface area (Å²) in [5.41, 5.74) is 1.29. The molecule has 9 nitrogen and oxygen atoms in total. The number of fused-ring (bicyclic) bond motifs is 1. The molecule has 174 valence electrons. The molecule has 0 spiro atoms. The van der Waals surface area contributed by atoms with Gasteiger partial charge in [-0.25, -0.2) is 17.4 Å². The van der Waals surface area contributed by atoms with E-state index < -0.39 is 10.0 Å². The van der Waals surface area contributed by atoms with Gasteiger partial charge in [0, 0.05) is 31.2 Å². The summed E-state index contributed by atoms with van der Waals surface area (Å²) in [6.45, 7) is 0.285. The van der Waals surface area contributed by atoms with E-state index in [1.165, 1.54) is 43.0 Å². The van der Waals surface area contributed by atoms with Gasteiger partial charge >= 0.3 is 0 Å². The smallest absolute Gasteiger partial charge is 0.275 e. The zero-order valence-corrected chi connectivity index (χ0v) is 19.5. The molecule has 0 saturated carbocycles. The van der Waals surface area contributed by atoms with Gasteiger partial charge in [0.1, 0.15) is 0 Å². The highest BCUT2D eigenvalue weighted by atomic mass is 32.2. The maximum atomic E-state index is 12.9. The van der Waals surface area contributed by atoms with Gasteiger partial charge in [-0.15, -0.1) is 0 Å². The summed E-state index contributed by atoms with van der Waals surface area (Å²) < 4.78 is 26.9. The van der Waals surface area contributed by atoms with E-state index in [1.54, 1.807) is 30.5 Å². The van der Waals surface area contributed by atoms with Gasteiger partial charge in [-0.2, -0.15) is 5.10 Å². The second kappa shape index (κ2) is 9.54. The average molecular weight is 478 g/mol. The molecule has 34 heavy (non-hydrogen) atoms. The van der Waals surface area contributed by atoms with Crippen LogP contribution in [0, 0.1) is 0 Å². The number of nitrogens with zero attached hydrogens (tertiary/aromatic N) is 4. The molecule has 0 aliphatic rings. The molecule has 10 heteroatoms. The van der Waals surface area contributed by atoms with Crippen LogP contribution in [0.15, 0.2) is 82.6 Å². The lowest BCUT2D eigenvalue weighted by atomic mass is 10.1. The van der Waals surface area contributed by atoms with E-state index in [1.807, 2.05) is 18.2 Å². The lowest BCUT2D eigenvalue weighted by molar-refractivity contribution is 0.0950. The van der Waals surface area contributed by atoms with E-state index >= 15 is 0 Å². The second-order valence-electron chi connectivity index (χ2n) is 7.77. The molecule has 1 N–H and O–H groups in total. The first kappa shape index (κ1) is 23.3. The molecule has 2 aromatic heterocycles. The third-order valence-corrected chi connectivity index (χ3v) is 7.12. The molecule has 1 amide bonds. The number of aromatic nitrogens is 3. The van der Waals surface area contributed by atoms with Crippen LogP contribution < -0.4 is 10.9 Å². The first-order valence-corrected chi connectivity index (χ1v) is 11.9. The van der Waals surface area contributed by atoms with Crippen LogP contribution >= 0.6 is 0 Å². The van der Waals surface area contributed by atoms with Crippen molar-refractivity contribution < 1.29 is 13.2 Å². The zero-order chi connectivity index (χ0) is 24.3. The molecule has 0 atom stereocenters. The van der Waals surface area contributed by atoms with Crippen LogP contribution in [0.4, 0.5) is 0 Å². The SMILES string of the molecule is CN(C)S(=O)(=O)c1ccc(C(=O)NCc2nn(Cc3ccccn3)c(=O)c3ccccc23)cc1. The predicted molar refractivity (Wildman–Crippen MR) is 128 cm³/mol. The highest BCUT2D eigenvalue weighted by Gasteiger charge is 2.18. The van der Waals surface area contributed by atoms with Crippen molar-refractivity contribution >= 4 is 26.7 Å². The topological polar surface area (TPSA) is 114 Å². The molecule has 4 rings (SSSR count). The number of benzene rings is 2. The van der Waals surface area contributed by atoms with Crippen LogP contribution in [-0.2, 0) is 23.1 Å². The summed E-state index contributed by atoms with van der Waals surface area (Å²) in [5.74, 6) is -0.387. The van der Waals surface area contributed by atoms with Gasteiger partial charge in [0.15, 0.2) is 0 Å². The van der Waals surface area contributed by atoms with Crippen molar-refractivity contribution in [3.8, 4) is 0 Å². The number of amides is 1. The maximum Gasteiger partial charge on any atom is 0.275 e. The number of hydrogen-bond donors (Lipinski definition) is 1. The van der Waals surface area contributed by atoms with E-state index in [0.717, 1.165) is 4.31 Å². The van der Waals surface area contributed by atoms with Crippen molar-refractivity contribution in [2.45, 2.75) is 18.0 Å². The molecule has 0 bridgehead atoms. The normalized spacial score (nSPS) is 11.6. The molecular weight excluding hydrogens is 454 g/mol. The highest BCUT2D eigenvalue weighted by molar-refractivity contribution is 7.89. The Morgan fingerprint density at radius 3 is 2.29 bits per heavy atom. The van der Waals surface area contributed by atoms with Gasteiger partial charge in [0.25, 0.3) is 11.5 Å². The maximum absolute atomic E-state index is 12.9. The number of carbonyl (C=O) groups is 1. The standard InChI is InChI=1S/C24H23N5O4S/c1-28(2)34(32,33)19-12-10-17(11-13-19)23(30)26-15-22-20-8-3-4-9-21(20)24(31)29(27-22)16-18-7-5-6-14-25-18/h3-14H,15-16H2,1-2H3,(H,26,30). The largest absolute Gasteiger partial charge is 0.346 e. The van der Waals surface area contributed by atoms with Crippen LogP contribution in [0.3, 0.4) is 0 Å². The molecule has 4 aromatic rings. The van der Waals surface area contributed by atoms with Gasteiger partial charge in [0.05, 0.1) is 34.8 Å². The van der Waals surface area contributed by atoms with Crippen LogP contribution in [0.25, 0.3) is 10.8 Å². The van der Waals surface area contributed by atoms with E-state index in [4.69, 9.17) is 0 Å². The third-order valence-electron chi connectivity index (χ3n) is 5.29. The van der Waals surface area contributed by atoms with Crippen LogP contribution in [0.5, 0.6) is 0 Å². The first-order chi connectivity index (χ1) is 16.3. The lowest BCUT2D eigenvalue weighted by Gasteiger charge is -2.13. The lowest BCUT2D eigenvalue weighted by Crippen LogP contribution is -2.29. The average Bonchev–Trinajstić information content (AvgIpc) is 2.85. The number of pyridine rings is 1. The van der Waals surface area contributed by atoms with E-state index in [0.29, 0.717) is 27.7 Å². The molecule has 0 saturated heterocycles. The number of hydrogen-bond acceptors (Lipinski definition) is 6. The van der Waals surface area contributed by atoms with Crippen LogP contribution in [0.2, 0.25) is 0 Å². The molecule has 0 aliphatic carbocycles. The van der Waals surface area contributed by atoms with Gasteiger partial charge in [-0.3, -0.25) is 14.6 Å². The minimum atomic E-state index is -3.58. The molecule has 0 radical (unpaired) electrons. The molecule has 0 fully saturated rings. The molecule has 0 aliphatic heterocycles. The van der Waals surface area contributed by atoms with Crippen molar-refractivity contribution in [1.82, 2.24) is 24.4 Å². The monoisotopic (exact) mass is 477 g/mol. The Labute approximate surface area is 196 Å². The summed E-state index contributed by atoms with van der Waals surface area (Å²) in [6.07, 6.45) is 1.65. The zero-order valence-electron chi connectivity index (χ0n) is 18.7. The van der Waals surface area contributed by atoms with Gasteiger partial charge in [0.2, 0.25) is 10.0 Å². The van der Waals surface area contributed by atoms with Crippen molar-refractivity contribution in [2.75, 3.05) is 14.1 Å². The number of carbonyl (C=O) groups excluding carboxylic acids is 1. The number of sulfonamides is 1. The Morgan fingerprint density at radius 2 is 1.65 bits per heavy atom. The Kier molecular flexibility index (Phi) is 6.53. The molecule has 2 heterocycles. The summed E-state index contributed by atoms with van der Waals surface area (Å²) >= 11 is 0. The molecule has 0 unspecified atom stereocenters. The summed E-state index contributed by atoms with van der Waals surface area (Å²) in [5, 5.41) is 8.45.